The molecule has 2 atom stereocenters. The average Bonchev–Trinajstić information content (AvgIpc) is 2.79. The highest BCUT2D eigenvalue weighted by Crippen LogP contribution is 2.35. The van der Waals surface area contributed by atoms with Crippen LogP contribution in [0.2, 0.25) is 0 Å². The molecule has 0 spiro atoms. The number of halogens is 1. The van der Waals surface area contributed by atoms with E-state index in [0.29, 0.717) is 23.8 Å². The van der Waals surface area contributed by atoms with Crippen molar-refractivity contribution < 1.29 is 13.9 Å². The maximum absolute atomic E-state index is 6.27. The Labute approximate surface area is 126 Å². The molecule has 1 aromatic carbocycles. The third-order valence-electron chi connectivity index (χ3n) is 3.35. The van der Waals surface area contributed by atoms with Crippen LogP contribution < -0.4 is 15.2 Å². The van der Waals surface area contributed by atoms with Gasteiger partial charge in [0.15, 0.2) is 16.2 Å². The summed E-state index contributed by atoms with van der Waals surface area (Å²) in [6.45, 7) is 3.42. The van der Waals surface area contributed by atoms with Crippen molar-refractivity contribution in [1.29, 1.82) is 0 Å². The van der Waals surface area contributed by atoms with Crippen LogP contribution in [0.25, 0.3) is 0 Å². The lowest BCUT2D eigenvalue weighted by molar-refractivity contribution is 0.228. The molecular weight excluding hydrogens is 322 g/mol. The second-order valence-corrected chi connectivity index (χ2v) is 5.78. The molecule has 2 N–H and O–H groups in total. The lowest BCUT2D eigenvalue weighted by atomic mass is 10.0. The zero-order chi connectivity index (χ0) is 14.1. The summed E-state index contributed by atoms with van der Waals surface area (Å²) in [6, 6.07) is 7.41. The van der Waals surface area contributed by atoms with Crippen molar-refractivity contribution in [2.45, 2.75) is 13.0 Å². The van der Waals surface area contributed by atoms with Gasteiger partial charge in [-0.05, 0) is 39.7 Å². The van der Waals surface area contributed by atoms with E-state index >= 15 is 0 Å². The summed E-state index contributed by atoms with van der Waals surface area (Å²) >= 11 is 3.36. The van der Waals surface area contributed by atoms with Gasteiger partial charge in [0.05, 0.1) is 25.5 Å². The van der Waals surface area contributed by atoms with Gasteiger partial charge >= 0.3 is 0 Å². The summed E-state index contributed by atoms with van der Waals surface area (Å²) < 4.78 is 17.4. The maximum Gasteiger partial charge on any atom is 0.174 e. The predicted molar refractivity (Wildman–Crippen MR) is 79.0 cm³/mol. The number of furan rings is 1. The second kappa shape index (κ2) is 5.50. The molecule has 1 aliphatic heterocycles. The highest BCUT2D eigenvalue weighted by molar-refractivity contribution is 9.10. The SMILES string of the molecule is CC1COc2ccc(C(N)c3ccoc3Br)cc2OC1. The summed E-state index contributed by atoms with van der Waals surface area (Å²) in [5, 5.41) is 0. The molecule has 0 fully saturated rings. The smallest absolute Gasteiger partial charge is 0.174 e. The van der Waals surface area contributed by atoms with Gasteiger partial charge in [0.2, 0.25) is 0 Å². The second-order valence-electron chi connectivity index (χ2n) is 5.06. The Morgan fingerprint density at radius 1 is 1.20 bits per heavy atom. The van der Waals surface area contributed by atoms with Gasteiger partial charge in [-0.3, -0.25) is 0 Å². The molecule has 0 radical (unpaired) electrons. The third kappa shape index (κ3) is 2.55. The van der Waals surface area contributed by atoms with E-state index in [4.69, 9.17) is 19.6 Å². The minimum absolute atomic E-state index is 0.266. The Balaban J connectivity index is 1.91. The number of hydrogen-bond acceptors (Lipinski definition) is 4. The summed E-state index contributed by atoms with van der Waals surface area (Å²) in [7, 11) is 0. The van der Waals surface area contributed by atoms with E-state index in [2.05, 4.69) is 22.9 Å². The van der Waals surface area contributed by atoms with Crippen molar-refractivity contribution in [3.63, 3.8) is 0 Å². The first kappa shape index (κ1) is 13.5. The fraction of sp³-hybridized carbons (Fsp3) is 0.333. The molecule has 2 unspecified atom stereocenters. The van der Waals surface area contributed by atoms with Crippen LogP contribution in [0.3, 0.4) is 0 Å². The van der Waals surface area contributed by atoms with E-state index in [9.17, 15) is 0 Å². The summed E-state index contributed by atoms with van der Waals surface area (Å²) in [5.74, 6) is 1.90. The van der Waals surface area contributed by atoms with Crippen LogP contribution >= 0.6 is 15.9 Å². The van der Waals surface area contributed by atoms with Crippen molar-refractivity contribution >= 4 is 15.9 Å². The molecule has 3 rings (SSSR count). The van der Waals surface area contributed by atoms with Crippen LogP contribution in [-0.2, 0) is 0 Å². The van der Waals surface area contributed by atoms with Crippen LogP contribution in [0.15, 0.2) is 39.6 Å². The zero-order valence-electron chi connectivity index (χ0n) is 11.1. The Kier molecular flexibility index (Phi) is 3.72. The monoisotopic (exact) mass is 337 g/mol. The van der Waals surface area contributed by atoms with Crippen LogP contribution in [0.4, 0.5) is 0 Å². The van der Waals surface area contributed by atoms with Crippen molar-refractivity contribution in [3.05, 3.63) is 46.3 Å². The summed E-state index contributed by atoms with van der Waals surface area (Å²) in [6.07, 6.45) is 1.62. The van der Waals surface area contributed by atoms with Crippen molar-refractivity contribution in [2.24, 2.45) is 11.7 Å². The van der Waals surface area contributed by atoms with E-state index in [0.717, 1.165) is 22.6 Å². The predicted octanol–water partition coefficient (Wildman–Crippen LogP) is 3.50. The molecule has 0 saturated heterocycles. The molecular formula is C15H16BrNO3. The molecule has 0 aliphatic carbocycles. The van der Waals surface area contributed by atoms with Crippen molar-refractivity contribution in [1.82, 2.24) is 0 Å². The van der Waals surface area contributed by atoms with Crippen molar-refractivity contribution in [3.8, 4) is 11.5 Å². The fourth-order valence-corrected chi connectivity index (χ4v) is 2.66. The number of rotatable bonds is 2. The van der Waals surface area contributed by atoms with Gasteiger partial charge in [-0.25, -0.2) is 0 Å². The molecule has 2 heterocycles. The number of benzene rings is 1. The van der Waals surface area contributed by atoms with Gasteiger partial charge in [0.25, 0.3) is 0 Å². The summed E-state index contributed by atoms with van der Waals surface area (Å²) in [5.41, 5.74) is 8.15. The highest BCUT2D eigenvalue weighted by atomic mass is 79.9. The van der Waals surface area contributed by atoms with Gasteiger partial charge in [0.1, 0.15) is 0 Å². The number of fused-ring (bicyclic) bond motifs is 1. The number of hydrogen-bond donors (Lipinski definition) is 1. The molecule has 1 aliphatic rings. The quantitative estimate of drug-likeness (QED) is 0.911. The fourth-order valence-electron chi connectivity index (χ4n) is 2.17. The highest BCUT2D eigenvalue weighted by Gasteiger charge is 2.19. The van der Waals surface area contributed by atoms with Crippen LogP contribution in [0.1, 0.15) is 24.1 Å². The molecule has 20 heavy (non-hydrogen) atoms. The molecule has 0 bridgehead atoms. The summed E-state index contributed by atoms with van der Waals surface area (Å²) in [4.78, 5) is 0. The van der Waals surface area contributed by atoms with Crippen LogP contribution in [0, 0.1) is 5.92 Å². The lowest BCUT2D eigenvalue weighted by Crippen LogP contribution is -2.12. The molecule has 4 nitrogen and oxygen atoms in total. The normalized spacial score (nSPS) is 19.4. The molecule has 5 heteroatoms. The largest absolute Gasteiger partial charge is 0.489 e. The maximum atomic E-state index is 6.27. The molecule has 1 aromatic heterocycles. The van der Waals surface area contributed by atoms with Gasteiger partial charge in [-0.15, -0.1) is 0 Å². The van der Waals surface area contributed by atoms with E-state index in [1.54, 1.807) is 6.26 Å². The van der Waals surface area contributed by atoms with E-state index in [-0.39, 0.29) is 6.04 Å². The van der Waals surface area contributed by atoms with Gasteiger partial charge in [0, 0.05) is 11.5 Å². The molecule has 2 aromatic rings. The first-order valence-corrected chi connectivity index (χ1v) is 7.32. The van der Waals surface area contributed by atoms with Gasteiger partial charge in [-0.2, -0.15) is 0 Å². The Morgan fingerprint density at radius 3 is 2.65 bits per heavy atom. The van der Waals surface area contributed by atoms with Crippen LogP contribution in [-0.4, -0.2) is 13.2 Å². The first-order chi connectivity index (χ1) is 9.65. The Bertz CT molecular complexity index is 611. The zero-order valence-corrected chi connectivity index (χ0v) is 12.7. The lowest BCUT2D eigenvalue weighted by Gasteiger charge is -2.14. The molecule has 0 saturated carbocycles. The standard InChI is InChI=1S/C15H16BrNO3/c1-9-7-19-12-3-2-10(6-13(12)20-8-9)14(17)11-4-5-18-15(11)16/h2-6,9,14H,7-8,17H2,1H3. The molecule has 106 valence electrons. The number of nitrogens with two attached hydrogens (primary N) is 1. The van der Waals surface area contributed by atoms with E-state index < -0.39 is 0 Å². The minimum atomic E-state index is -0.266. The third-order valence-corrected chi connectivity index (χ3v) is 4.00. The van der Waals surface area contributed by atoms with Crippen molar-refractivity contribution in [2.75, 3.05) is 13.2 Å². The Morgan fingerprint density at radius 2 is 1.95 bits per heavy atom. The van der Waals surface area contributed by atoms with E-state index in [1.165, 1.54) is 0 Å². The molecule has 0 amide bonds. The van der Waals surface area contributed by atoms with E-state index in [1.807, 2.05) is 24.3 Å². The first-order valence-electron chi connectivity index (χ1n) is 6.53. The topological polar surface area (TPSA) is 57.6 Å². The average molecular weight is 338 g/mol. The Hall–Kier alpha value is -1.46. The number of ether oxygens (including phenoxy) is 2. The van der Waals surface area contributed by atoms with Crippen LogP contribution in [0.5, 0.6) is 11.5 Å². The van der Waals surface area contributed by atoms with Gasteiger partial charge < -0.3 is 19.6 Å². The van der Waals surface area contributed by atoms with Gasteiger partial charge in [-0.1, -0.05) is 13.0 Å². The minimum Gasteiger partial charge on any atom is -0.489 e.